The number of anilines is 1. The van der Waals surface area contributed by atoms with Crippen molar-refractivity contribution < 1.29 is 22.8 Å². The van der Waals surface area contributed by atoms with Crippen LogP contribution in [0.2, 0.25) is 0 Å². The SMILES string of the molecule is NCc1ccc(C(=O)Nc2cc3c(c(C(F)(F)F)c2)C(=O)N(CC2CC2)C3)cc1C#Cc1cnc2ccccn12. The quantitative estimate of drug-likeness (QED) is 0.353. The van der Waals surface area contributed by atoms with Gasteiger partial charge in [-0.25, -0.2) is 4.98 Å². The van der Waals surface area contributed by atoms with E-state index in [4.69, 9.17) is 5.73 Å². The first kappa shape index (κ1) is 25.6. The summed E-state index contributed by atoms with van der Waals surface area (Å²) in [5.41, 5.74) is 7.57. The van der Waals surface area contributed by atoms with Crippen LogP contribution in [0.1, 0.15) is 61.5 Å². The molecule has 0 spiro atoms. The molecule has 2 aliphatic rings. The minimum Gasteiger partial charge on any atom is -0.334 e. The lowest BCUT2D eigenvalue weighted by Gasteiger charge is -2.15. The van der Waals surface area contributed by atoms with Gasteiger partial charge in [-0.15, -0.1) is 0 Å². The molecular weight excluding hydrogens is 519 g/mol. The number of nitrogens with one attached hydrogen (secondary N) is 1. The van der Waals surface area contributed by atoms with E-state index in [1.165, 1.54) is 11.0 Å². The highest BCUT2D eigenvalue weighted by atomic mass is 19.4. The largest absolute Gasteiger partial charge is 0.417 e. The Bertz CT molecular complexity index is 1730. The first-order chi connectivity index (χ1) is 19.2. The van der Waals surface area contributed by atoms with Crippen LogP contribution < -0.4 is 11.1 Å². The molecule has 2 amide bonds. The summed E-state index contributed by atoms with van der Waals surface area (Å²) >= 11 is 0. The first-order valence-corrected chi connectivity index (χ1v) is 12.8. The predicted molar refractivity (Wildman–Crippen MR) is 142 cm³/mol. The number of pyridine rings is 1. The Kier molecular flexibility index (Phi) is 6.31. The van der Waals surface area contributed by atoms with Gasteiger partial charge in [-0.2, -0.15) is 13.2 Å². The number of amides is 2. The second-order valence-corrected chi connectivity index (χ2v) is 10.0. The van der Waals surface area contributed by atoms with Crippen LogP contribution in [0.3, 0.4) is 0 Å². The van der Waals surface area contributed by atoms with Gasteiger partial charge in [0.05, 0.1) is 17.3 Å². The number of aromatic nitrogens is 2. The Morgan fingerprint density at radius 1 is 1.12 bits per heavy atom. The highest BCUT2D eigenvalue weighted by molar-refractivity contribution is 6.06. The number of nitrogens with two attached hydrogens (primary N) is 1. The Balaban J connectivity index is 1.29. The number of rotatable bonds is 5. The monoisotopic (exact) mass is 543 g/mol. The summed E-state index contributed by atoms with van der Waals surface area (Å²) in [7, 11) is 0. The van der Waals surface area contributed by atoms with Crippen LogP contribution in [-0.2, 0) is 19.3 Å². The summed E-state index contributed by atoms with van der Waals surface area (Å²) in [5.74, 6) is 5.23. The van der Waals surface area contributed by atoms with Gasteiger partial charge in [0.2, 0.25) is 0 Å². The smallest absolute Gasteiger partial charge is 0.334 e. The first-order valence-electron chi connectivity index (χ1n) is 12.8. The molecular formula is C30H24F3N5O2. The fraction of sp³-hybridized carbons (Fsp3) is 0.233. The van der Waals surface area contributed by atoms with Gasteiger partial charge in [-0.1, -0.05) is 18.1 Å². The third-order valence-electron chi connectivity index (χ3n) is 7.16. The molecule has 1 fully saturated rings. The molecule has 1 saturated carbocycles. The van der Waals surface area contributed by atoms with E-state index in [0.717, 1.165) is 24.6 Å². The minimum absolute atomic E-state index is 0.0292. The molecule has 2 aromatic heterocycles. The van der Waals surface area contributed by atoms with E-state index >= 15 is 0 Å². The molecule has 0 atom stereocenters. The van der Waals surface area contributed by atoms with E-state index < -0.39 is 23.6 Å². The van der Waals surface area contributed by atoms with Crippen molar-refractivity contribution in [3.63, 3.8) is 0 Å². The number of hydrogen-bond donors (Lipinski definition) is 2. The number of carbonyl (C=O) groups excluding carboxylic acids is 2. The van der Waals surface area contributed by atoms with Crippen molar-refractivity contribution >= 4 is 23.1 Å². The Hall–Kier alpha value is -4.62. The van der Waals surface area contributed by atoms with Crippen LogP contribution >= 0.6 is 0 Å². The Morgan fingerprint density at radius 3 is 2.70 bits per heavy atom. The van der Waals surface area contributed by atoms with Gasteiger partial charge in [0.1, 0.15) is 11.3 Å². The van der Waals surface area contributed by atoms with Crippen molar-refractivity contribution in [1.82, 2.24) is 14.3 Å². The number of carbonyl (C=O) groups is 2. The van der Waals surface area contributed by atoms with Crippen LogP contribution in [0.5, 0.6) is 0 Å². The molecule has 10 heteroatoms. The lowest BCUT2D eigenvalue weighted by atomic mass is 10.0. The van der Waals surface area contributed by atoms with E-state index in [2.05, 4.69) is 22.1 Å². The topological polar surface area (TPSA) is 92.7 Å². The molecule has 0 radical (unpaired) electrons. The highest BCUT2D eigenvalue weighted by Gasteiger charge is 2.42. The number of fused-ring (bicyclic) bond motifs is 2. The van der Waals surface area contributed by atoms with Gasteiger partial charge in [0.25, 0.3) is 11.8 Å². The minimum atomic E-state index is -4.75. The molecule has 3 N–H and O–H groups in total. The molecule has 3 heterocycles. The van der Waals surface area contributed by atoms with Gasteiger partial charge >= 0.3 is 6.18 Å². The van der Waals surface area contributed by atoms with E-state index in [1.807, 2.05) is 28.8 Å². The Morgan fingerprint density at radius 2 is 1.95 bits per heavy atom. The van der Waals surface area contributed by atoms with Gasteiger partial charge in [0.15, 0.2) is 0 Å². The molecule has 4 aromatic rings. The maximum absolute atomic E-state index is 14.0. The van der Waals surface area contributed by atoms with Crippen molar-refractivity contribution in [1.29, 1.82) is 0 Å². The average Bonchev–Trinajstić information content (AvgIpc) is 3.58. The fourth-order valence-electron chi connectivity index (χ4n) is 4.94. The second-order valence-electron chi connectivity index (χ2n) is 10.0. The third-order valence-corrected chi connectivity index (χ3v) is 7.16. The molecule has 1 aliphatic carbocycles. The molecule has 0 bridgehead atoms. The maximum Gasteiger partial charge on any atom is 0.417 e. The van der Waals surface area contributed by atoms with Crippen LogP contribution in [0.4, 0.5) is 18.9 Å². The summed E-state index contributed by atoms with van der Waals surface area (Å²) in [6.45, 7) is 0.717. The molecule has 202 valence electrons. The van der Waals surface area contributed by atoms with Crippen LogP contribution in [0, 0.1) is 17.8 Å². The molecule has 1 aliphatic heterocycles. The summed E-state index contributed by atoms with van der Waals surface area (Å²) in [4.78, 5) is 31.7. The zero-order valence-corrected chi connectivity index (χ0v) is 21.3. The molecule has 7 nitrogen and oxygen atoms in total. The van der Waals surface area contributed by atoms with Crippen LogP contribution in [0.15, 0.2) is 60.9 Å². The predicted octanol–water partition coefficient (Wildman–Crippen LogP) is 4.83. The van der Waals surface area contributed by atoms with Gasteiger partial charge < -0.3 is 16.0 Å². The number of hydrogen-bond acceptors (Lipinski definition) is 4. The standard InChI is InChI=1S/C30H24F3N5O2/c31-30(32,33)25-13-23(12-22-17-37(16-18-4-5-18)29(40)27(22)25)36-28(39)20-6-7-21(14-34)19(11-20)8-9-24-15-35-26-3-1-2-10-38(24)26/h1-3,6-7,10-13,15,18H,4-5,14,16-17,34H2,(H,36,39). The number of imidazole rings is 1. The van der Waals surface area contributed by atoms with Gasteiger partial charge in [0, 0.05) is 42.6 Å². The molecule has 6 rings (SSSR count). The normalized spacial score (nSPS) is 14.7. The van der Waals surface area contributed by atoms with Crippen molar-refractivity contribution in [3.05, 3.63) is 100.0 Å². The van der Waals surface area contributed by atoms with E-state index in [1.54, 1.807) is 24.4 Å². The van der Waals surface area contributed by atoms with E-state index in [-0.39, 0.29) is 35.5 Å². The van der Waals surface area contributed by atoms with Crippen LogP contribution in [0.25, 0.3) is 5.65 Å². The maximum atomic E-state index is 14.0. The average molecular weight is 544 g/mol. The lowest BCUT2D eigenvalue weighted by molar-refractivity contribution is -0.137. The summed E-state index contributed by atoms with van der Waals surface area (Å²) < 4.78 is 43.8. The zero-order chi connectivity index (χ0) is 28.0. The fourth-order valence-corrected chi connectivity index (χ4v) is 4.94. The number of nitrogens with zero attached hydrogens (tertiary/aromatic N) is 3. The van der Waals surface area contributed by atoms with Crippen molar-refractivity contribution in [3.8, 4) is 11.8 Å². The number of benzene rings is 2. The van der Waals surface area contributed by atoms with E-state index in [9.17, 15) is 22.8 Å². The summed E-state index contributed by atoms with van der Waals surface area (Å²) in [5, 5.41) is 2.58. The van der Waals surface area contributed by atoms with Crippen molar-refractivity contribution in [2.45, 2.75) is 32.1 Å². The van der Waals surface area contributed by atoms with Crippen molar-refractivity contribution in [2.75, 3.05) is 11.9 Å². The summed E-state index contributed by atoms with van der Waals surface area (Å²) in [6.07, 6.45) is 0.678. The van der Waals surface area contributed by atoms with E-state index in [0.29, 0.717) is 29.3 Å². The zero-order valence-electron chi connectivity index (χ0n) is 21.3. The van der Waals surface area contributed by atoms with Crippen molar-refractivity contribution in [2.24, 2.45) is 11.7 Å². The molecule has 0 unspecified atom stereocenters. The highest BCUT2D eigenvalue weighted by Crippen LogP contribution is 2.41. The Labute approximate surface area is 227 Å². The van der Waals surface area contributed by atoms with Gasteiger partial charge in [-0.3, -0.25) is 14.0 Å². The number of alkyl halides is 3. The molecule has 2 aromatic carbocycles. The van der Waals surface area contributed by atoms with Crippen LogP contribution in [-0.4, -0.2) is 32.6 Å². The third kappa shape index (κ3) is 4.92. The molecule has 40 heavy (non-hydrogen) atoms. The molecule has 0 saturated heterocycles. The summed E-state index contributed by atoms with van der Waals surface area (Å²) in [6, 6.07) is 12.6. The lowest BCUT2D eigenvalue weighted by Crippen LogP contribution is -2.27. The second kappa shape index (κ2) is 9.84. The number of halogens is 3. The van der Waals surface area contributed by atoms with Gasteiger partial charge in [-0.05, 0) is 72.2 Å².